The van der Waals surface area contributed by atoms with Gasteiger partial charge in [0.1, 0.15) is 0 Å². The number of hydrogen-bond donors (Lipinski definition) is 2. The summed E-state index contributed by atoms with van der Waals surface area (Å²) in [4.78, 5) is 10.8. The van der Waals surface area contributed by atoms with Crippen LogP contribution in [0.15, 0.2) is 24.3 Å². The Bertz CT molecular complexity index is 443. The van der Waals surface area contributed by atoms with Gasteiger partial charge in [-0.25, -0.2) is 8.42 Å². The van der Waals surface area contributed by atoms with Gasteiger partial charge in [-0.3, -0.25) is 9.52 Å². The van der Waals surface area contributed by atoms with E-state index in [1.165, 1.54) is 12.1 Å². The highest BCUT2D eigenvalue weighted by Crippen LogP contribution is 2.16. The molecule has 9 heteroatoms. The molecule has 0 bridgehead atoms. The molecule has 0 aliphatic carbocycles. The largest absolute Gasteiger partial charge is 0.379 e. The number of anilines is 1. The van der Waals surface area contributed by atoms with Gasteiger partial charge in [-0.2, -0.15) is 13.2 Å². The fourth-order valence-corrected chi connectivity index (χ4v) is 1.41. The molecular formula is C8H7ClF3NO3S. The van der Waals surface area contributed by atoms with E-state index >= 15 is 0 Å². The highest BCUT2D eigenvalue weighted by Gasteiger charge is 2.07. The van der Waals surface area contributed by atoms with Gasteiger partial charge >= 0.3 is 6.68 Å². The molecule has 0 spiro atoms. The van der Waals surface area contributed by atoms with Crippen molar-refractivity contribution in [3.63, 3.8) is 0 Å². The first-order chi connectivity index (χ1) is 7.84. The second kappa shape index (κ2) is 7.91. The molecule has 0 unspecified atom stereocenters. The van der Waals surface area contributed by atoms with Crippen LogP contribution in [0.4, 0.5) is 18.9 Å². The normalized spacial score (nSPS) is 9.76. The molecule has 0 fully saturated rings. The van der Waals surface area contributed by atoms with E-state index in [1.54, 1.807) is 12.1 Å². The van der Waals surface area contributed by atoms with Gasteiger partial charge in [0.2, 0.25) is 10.9 Å². The number of para-hydroxylation sites is 1. The van der Waals surface area contributed by atoms with E-state index in [1.807, 2.05) is 0 Å². The number of benzene rings is 1. The van der Waals surface area contributed by atoms with Gasteiger partial charge in [0.15, 0.2) is 0 Å². The van der Waals surface area contributed by atoms with Crippen LogP contribution in [0.1, 0.15) is 10.4 Å². The minimum Gasteiger partial charge on any atom is -0.285 e. The van der Waals surface area contributed by atoms with E-state index in [2.05, 4.69) is 4.72 Å². The van der Waals surface area contributed by atoms with Crippen molar-refractivity contribution in [1.82, 2.24) is 0 Å². The average molecular weight is 290 g/mol. The fraction of sp³-hybridized carbons (Fsp3) is 0.125. The fourth-order valence-electron chi connectivity index (χ4n) is 0.850. The molecule has 0 heterocycles. The van der Waals surface area contributed by atoms with Crippen molar-refractivity contribution in [2.45, 2.75) is 6.68 Å². The molecule has 17 heavy (non-hydrogen) atoms. The van der Waals surface area contributed by atoms with Crippen LogP contribution < -0.4 is 4.72 Å². The monoisotopic (exact) mass is 289 g/mol. The summed E-state index contributed by atoms with van der Waals surface area (Å²) in [7, 11) is -2.78. The van der Waals surface area contributed by atoms with Crippen molar-refractivity contribution >= 4 is 33.4 Å². The maximum Gasteiger partial charge on any atom is 0.379 e. The molecule has 4 nitrogen and oxygen atoms in total. The van der Waals surface area contributed by atoms with Crippen LogP contribution in [0, 0.1) is 0 Å². The number of alkyl halides is 3. The van der Waals surface area contributed by atoms with Crippen molar-refractivity contribution in [1.29, 1.82) is 0 Å². The molecule has 0 radical (unpaired) electrons. The molecule has 0 amide bonds. The maximum absolute atomic E-state index is 10.8. The van der Waals surface area contributed by atoms with Gasteiger partial charge in [-0.1, -0.05) is 12.1 Å². The molecule has 0 saturated carbocycles. The van der Waals surface area contributed by atoms with Crippen molar-refractivity contribution in [2.24, 2.45) is 0 Å². The van der Waals surface area contributed by atoms with Crippen LogP contribution in [-0.4, -0.2) is 20.3 Å². The van der Waals surface area contributed by atoms with Gasteiger partial charge in [0.05, 0.1) is 11.3 Å². The third kappa shape index (κ3) is 7.58. The lowest BCUT2D eigenvalue weighted by Gasteiger charge is -2.02. The molecular weight excluding hydrogens is 283 g/mol. The summed E-state index contributed by atoms with van der Waals surface area (Å²) in [6.07, 6.45) is 0. The summed E-state index contributed by atoms with van der Waals surface area (Å²) in [5, 5.41) is -0.694. The SMILES string of the molecule is FC(F)F.O=C(Cl)c1ccccc1N[SH](=O)=O. The molecule has 96 valence electrons. The van der Waals surface area contributed by atoms with Crippen LogP contribution in [-0.2, 0) is 10.9 Å². The van der Waals surface area contributed by atoms with Crippen molar-refractivity contribution in [2.75, 3.05) is 4.72 Å². The van der Waals surface area contributed by atoms with Crippen molar-refractivity contribution < 1.29 is 26.4 Å². The quantitative estimate of drug-likeness (QED) is 0.662. The summed E-state index contributed by atoms with van der Waals surface area (Å²) in [5.41, 5.74) is 0.335. The highest BCUT2D eigenvalue weighted by molar-refractivity contribution is 7.73. The lowest BCUT2D eigenvalue weighted by molar-refractivity contribution is 0.00818. The minimum atomic E-state index is -3.67. The first kappa shape index (κ1) is 15.7. The summed E-state index contributed by atoms with van der Waals surface area (Å²) >= 11 is 5.22. The van der Waals surface area contributed by atoms with Crippen molar-refractivity contribution in [3.8, 4) is 0 Å². The predicted octanol–water partition coefficient (Wildman–Crippen LogP) is 2.18. The number of hydrogen-bond acceptors (Lipinski definition) is 3. The Balaban J connectivity index is 0.000000557. The first-order valence-electron chi connectivity index (χ1n) is 3.96. The number of rotatable bonds is 3. The Morgan fingerprint density at radius 2 is 1.71 bits per heavy atom. The highest BCUT2D eigenvalue weighted by atomic mass is 35.5. The summed E-state index contributed by atoms with van der Waals surface area (Å²) < 4.78 is 51.7. The molecule has 0 aromatic heterocycles. The van der Waals surface area contributed by atoms with Crippen LogP contribution in [0.3, 0.4) is 0 Å². The Hall–Kier alpha value is -1.28. The maximum atomic E-state index is 10.8. The zero-order chi connectivity index (χ0) is 13.4. The van der Waals surface area contributed by atoms with Crippen LogP contribution in [0.25, 0.3) is 0 Å². The molecule has 0 atom stereocenters. The lowest BCUT2D eigenvalue weighted by Crippen LogP contribution is -2.01. The van der Waals surface area contributed by atoms with Gasteiger partial charge in [-0.15, -0.1) is 0 Å². The molecule has 1 aromatic rings. The van der Waals surface area contributed by atoms with Crippen molar-refractivity contribution in [3.05, 3.63) is 29.8 Å². The van der Waals surface area contributed by atoms with Crippen LogP contribution in [0.2, 0.25) is 0 Å². The third-order valence-corrected chi connectivity index (χ3v) is 1.98. The molecule has 0 aliphatic rings. The second-order valence-corrected chi connectivity index (χ2v) is 3.52. The zero-order valence-electron chi connectivity index (χ0n) is 8.07. The average Bonchev–Trinajstić information content (AvgIpc) is 2.16. The summed E-state index contributed by atoms with van der Waals surface area (Å²) in [6.45, 7) is -3.67. The van der Waals surface area contributed by atoms with Gasteiger partial charge < -0.3 is 0 Å². The molecule has 1 rings (SSSR count). The standard InChI is InChI=1S/C7H6ClNO3S.CHF3/c8-7(10)5-3-1-2-4-6(5)9-13(11)12;2-1(3)4/h1-4,13H,(H,9,11,12);1H. The molecule has 0 aliphatic heterocycles. The number of halogens is 4. The lowest BCUT2D eigenvalue weighted by atomic mass is 10.2. The Labute approximate surface area is 101 Å². The number of carbonyl (C=O) groups excluding carboxylic acids is 1. The predicted molar refractivity (Wildman–Crippen MR) is 57.7 cm³/mol. The van der Waals surface area contributed by atoms with Crippen LogP contribution in [0.5, 0.6) is 0 Å². The topological polar surface area (TPSA) is 63.2 Å². The van der Waals surface area contributed by atoms with E-state index in [-0.39, 0.29) is 11.3 Å². The molecule has 1 N–H and O–H groups in total. The summed E-state index contributed by atoms with van der Waals surface area (Å²) in [5.74, 6) is 0. The minimum absolute atomic E-state index is 0.142. The van der Waals surface area contributed by atoms with Gasteiger partial charge in [0, 0.05) is 0 Å². The van der Waals surface area contributed by atoms with Crippen LogP contribution >= 0.6 is 11.6 Å². The molecule has 0 saturated heterocycles. The van der Waals surface area contributed by atoms with E-state index < -0.39 is 22.8 Å². The third-order valence-electron chi connectivity index (χ3n) is 1.35. The second-order valence-electron chi connectivity index (χ2n) is 2.44. The van der Waals surface area contributed by atoms with E-state index in [9.17, 15) is 26.4 Å². The Morgan fingerprint density at radius 1 is 1.24 bits per heavy atom. The Morgan fingerprint density at radius 3 is 2.12 bits per heavy atom. The number of nitrogens with one attached hydrogen (secondary N) is 1. The van der Waals surface area contributed by atoms with E-state index in [4.69, 9.17) is 11.6 Å². The Kier molecular flexibility index (Phi) is 7.31. The number of thiol groups is 1. The molecule has 1 aromatic carbocycles. The zero-order valence-corrected chi connectivity index (χ0v) is 9.72. The van der Waals surface area contributed by atoms with Gasteiger partial charge in [0.25, 0.3) is 5.24 Å². The van der Waals surface area contributed by atoms with E-state index in [0.29, 0.717) is 0 Å². The smallest absolute Gasteiger partial charge is 0.285 e. The van der Waals surface area contributed by atoms with E-state index in [0.717, 1.165) is 0 Å². The summed E-state index contributed by atoms with van der Waals surface area (Å²) in [6, 6.07) is 6.10. The number of carbonyl (C=O) groups is 1. The first-order valence-corrected chi connectivity index (χ1v) is 5.52. The van der Waals surface area contributed by atoms with Gasteiger partial charge in [-0.05, 0) is 23.7 Å².